The Balaban J connectivity index is 1.94. The van der Waals surface area contributed by atoms with Crippen molar-refractivity contribution in [3.05, 3.63) is 47.5 Å². The summed E-state index contributed by atoms with van der Waals surface area (Å²) in [5, 5.41) is 3.57. The molecule has 0 amide bonds. The Morgan fingerprint density at radius 1 is 1.04 bits per heavy atom. The molecular weight excluding hydrogens is 373 g/mol. The zero-order valence-electron chi connectivity index (χ0n) is 15.5. The zero-order chi connectivity index (χ0) is 20.5. The Hall–Kier alpha value is -3.23. The van der Waals surface area contributed by atoms with Crippen molar-refractivity contribution < 1.29 is 22.6 Å². The molecule has 0 bridgehead atoms. The molecule has 6 nitrogen and oxygen atoms in total. The van der Waals surface area contributed by atoms with Crippen LogP contribution in [0.1, 0.15) is 24.1 Å². The topological polar surface area (TPSA) is 82.3 Å². The second-order valence-electron chi connectivity index (χ2n) is 6.15. The van der Waals surface area contributed by atoms with Gasteiger partial charge in [-0.3, -0.25) is 0 Å². The summed E-state index contributed by atoms with van der Waals surface area (Å²) in [6.07, 6.45) is -4.41. The fourth-order valence-electron chi connectivity index (χ4n) is 2.81. The number of nitrogens with two attached hydrogens (primary N) is 1. The van der Waals surface area contributed by atoms with Gasteiger partial charge in [0.15, 0.2) is 11.5 Å². The van der Waals surface area contributed by atoms with Gasteiger partial charge in [-0.1, -0.05) is 12.1 Å². The number of nitrogens with zero attached hydrogens (tertiary/aromatic N) is 2. The average molecular weight is 392 g/mol. The van der Waals surface area contributed by atoms with Crippen molar-refractivity contribution in [2.24, 2.45) is 0 Å². The fraction of sp³-hybridized carbons (Fsp3) is 0.263. The number of nitrogen functional groups attached to an aromatic ring is 1. The van der Waals surface area contributed by atoms with Crippen LogP contribution in [-0.4, -0.2) is 24.2 Å². The molecule has 1 atom stereocenters. The van der Waals surface area contributed by atoms with Gasteiger partial charge in [0, 0.05) is 11.5 Å². The van der Waals surface area contributed by atoms with Crippen molar-refractivity contribution in [2.45, 2.75) is 19.1 Å². The van der Waals surface area contributed by atoms with E-state index in [2.05, 4.69) is 15.3 Å². The Labute approximate surface area is 159 Å². The van der Waals surface area contributed by atoms with Gasteiger partial charge in [0.1, 0.15) is 5.82 Å². The molecule has 148 valence electrons. The number of benzene rings is 2. The van der Waals surface area contributed by atoms with Gasteiger partial charge in [0.2, 0.25) is 5.95 Å². The van der Waals surface area contributed by atoms with Crippen molar-refractivity contribution in [3.8, 4) is 11.5 Å². The molecule has 0 radical (unpaired) electrons. The van der Waals surface area contributed by atoms with E-state index in [0.717, 1.165) is 12.1 Å². The summed E-state index contributed by atoms with van der Waals surface area (Å²) in [6.45, 7) is 1.72. The summed E-state index contributed by atoms with van der Waals surface area (Å²) in [5.74, 6) is 1.38. The first-order valence-corrected chi connectivity index (χ1v) is 8.36. The minimum absolute atomic E-state index is 0.196. The summed E-state index contributed by atoms with van der Waals surface area (Å²) < 4.78 is 49.3. The van der Waals surface area contributed by atoms with Crippen LogP contribution in [0, 0.1) is 0 Å². The van der Waals surface area contributed by atoms with Crippen molar-refractivity contribution in [3.63, 3.8) is 0 Å². The maximum Gasteiger partial charge on any atom is 0.416 e. The molecule has 3 aromatic rings. The summed E-state index contributed by atoms with van der Waals surface area (Å²) >= 11 is 0. The number of aromatic nitrogens is 2. The molecule has 0 aliphatic carbocycles. The van der Waals surface area contributed by atoms with Gasteiger partial charge in [-0.2, -0.15) is 18.2 Å². The number of alkyl halides is 3. The molecule has 3 rings (SSSR count). The van der Waals surface area contributed by atoms with Crippen LogP contribution < -0.4 is 20.5 Å². The first-order valence-electron chi connectivity index (χ1n) is 8.36. The van der Waals surface area contributed by atoms with Crippen LogP contribution >= 0.6 is 0 Å². The van der Waals surface area contributed by atoms with Crippen LogP contribution in [-0.2, 0) is 6.18 Å². The highest BCUT2D eigenvalue weighted by molar-refractivity contribution is 5.91. The minimum atomic E-state index is -4.41. The number of nitrogens with one attached hydrogen (secondary N) is 1. The molecule has 0 fully saturated rings. The smallest absolute Gasteiger partial charge is 0.416 e. The van der Waals surface area contributed by atoms with Gasteiger partial charge in [-0.05, 0) is 30.7 Å². The maximum absolute atomic E-state index is 12.9. The molecular formula is C19H19F3N4O2. The number of fused-ring (bicyclic) bond motifs is 1. The van der Waals surface area contributed by atoms with Crippen molar-refractivity contribution in [2.75, 3.05) is 25.3 Å². The molecule has 1 unspecified atom stereocenters. The lowest BCUT2D eigenvalue weighted by Gasteiger charge is -2.17. The first kappa shape index (κ1) is 19.5. The van der Waals surface area contributed by atoms with Crippen LogP contribution in [0.4, 0.5) is 24.9 Å². The summed E-state index contributed by atoms with van der Waals surface area (Å²) in [4.78, 5) is 8.60. The van der Waals surface area contributed by atoms with E-state index in [0.29, 0.717) is 28.0 Å². The third-order valence-corrected chi connectivity index (χ3v) is 4.29. The van der Waals surface area contributed by atoms with E-state index < -0.39 is 17.8 Å². The lowest BCUT2D eigenvalue weighted by atomic mass is 10.1. The van der Waals surface area contributed by atoms with Crippen LogP contribution in [0.5, 0.6) is 11.5 Å². The fourth-order valence-corrected chi connectivity index (χ4v) is 2.81. The van der Waals surface area contributed by atoms with E-state index in [4.69, 9.17) is 15.2 Å². The molecule has 9 heteroatoms. The standard InChI is InChI=1S/C19H19F3N4O2/c1-10(11-5-4-6-12(7-11)19(20,21)22)24-18-25-14-9-16(28-3)15(27-2)8-13(14)17(23)26-18/h4-10H,1-3H3,(H3,23,24,25,26). The molecule has 0 aliphatic rings. The molecule has 1 heterocycles. The van der Waals surface area contributed by atoms with E-state index >= 15 is 0 Å². The predicted octanol–water partition coefficient (Wildman–Crippen LogP) is 4.42. The molecule has 0 aliphatic heterocycles. The van der Waals surface area contributed by atoms with Gasteiger partial charge in [0.05, 0.1) is 31.3 Å². The quantitative estimate of drug-likeness (QED) is 0.669. The Morgan fingerprint density at radius 2 is 1.71 bits per heavy atom. The third kappa shape index (κ3) is 3.88. The monoisotopic (exact) mass is 392 g/mol. The van der Waals surface area contributed by atoms with Crippen molar-refractivity contribution in [1.29, 1.82) is 0 Å². The largest absolute Gasteiger partial charge is 0.493 e. The van der Waals surface area contributed by atoms with Crippen LogP contribution in [0.15, 0.2) is 36.4 Å². The van der Waals surface area contributed by atoms with Crippen molar-refractivity contribution >= 4 is 22.7 Å². The molecule has 0 spiro atoms. The normalized spacial score (nSPS) is 12.6. The second-order valence-corrected chi connectivity index (χ2v) is 6.15. The number of halogens is 3. The van der Waals surface area contributed by atoms with Gasteiger partial charge in [-0.25, -0.2) is 4.98 Å². The first-order chi connectivity index (χ1) is 13.2. The van der Waals surface area contributed by atoms with Crippen molar-refractivity contribution in [1.82, 2.24) is 9.97 Å². The molecule has 3 N–H and O–H groups in total. The number of methoxy groups -OCH3 is 2. The number of ether oxygens (including phenoxy) is 2. The average Bonchev–Trinajstić information content (AvgIpc) is 2.66. The van der Waals surface area contributed by atoms with E-state index in [-0.39, 0.29) is 11.8 Å². The Morgan fingerprint density at radius 3 is 2.36 bits per heavy atom. The number of hydrogen-bond acceptors (Lipinski definition) is 6. The molecule has 0 saturated carbocycles. The van der Waals surface area contributed by atoms with Gasteiger partial charge in [0.25, 0.3) is 0 Å². The van der Waals surface area contributed by atoms with Crippen LogP contribution in [0.25, 0.3) is 10.9 Å². The minimum Gasteiger partial charge on any atom is -0.493 e. The summed E-state index contributed by atoms with van der Waals surface area (Å²) in [6, 6.07) is 7.94. The summed E-state index contributed by atoms with van der Waals surface area (Å²) in [7, 11) is 3.01. The number of anilines is 2. The van der Waals surface area contributed by atoms with Crippen LogP contribution in [0.2, 0.25) is 0 Å². The number of hydrogen-bond donors (Lipinski definition) is 2. The van der Waals surface area contributed by atoms with E-state index in [1.165, 1.54) is 20.3 Å². The lowest BCUT2D eigenvalue weighted by Crippen LogP contribution is -2.12. The molecule has 2 aromatic carbocycles. The number of rotatable bonds is 5. The summed E-state index contributed by atoms with van der Waals surface area (Å²) in [5.41, 5.74) is 6.28. The molecule has 1 aromatic heterocycles. The highest BCUT2D eigenvalue weighted by atomic mass is 19.4. The maximum atomic E-state index is 12.9. The zero-order valence-corrected chi connectivity index (χ0v) is 15.5. The predicted molar refractivity (Wildman–Crippen MR) is 101 cm³/mol. The highest BCUT2D eigenvalue weighted by Gasteiger charge is 2.30. The van der Waals surface area contributed by atoms with E-state index in [1.54, 1.807) is 25.1 Å². The third-order valence-electron chi connectivity index (χ3n) is 4.29. The van der Waals surface area contributed by atoms with E-state index in [1.807, 2.05) is 0 Å². The lowest BCUT2D eigenvalue weighted by molar-refractivity contribution is -0.137. The van der Waals surface area contributed by atoms with Gasteiger partial charge >= 0.3 is 6.18 Å². The molecule has 28 heavy (non-hydrogen) atoms. The Bertz CT molecular complexity index is 1010. The highest BCUT2D eigenvalue weighted by Crippen LogP contribution is 2.34. The van der Waals surface area contributed by atoms with E-state index in [9.17, 15) is 13.2 Å². The SMILES string of the molecule is COc1cc2nc(NC(C)c3cccc(C(F)(F)F)c3)nc(N)c2cc1OC. The van der Waals surface area contributed by atoms with Gasteiger partial charge < -0.3 is 20.5 Å². The second kappa shape index (κ2) is 7.41. The Kier molecular flexibility index (Phi) is 5.17. The van der Waals surface area contributed by atoms with Gasteiger partial charge in [-0.15, -0.1) is 0 Å². The van der Waals surface area contributed by atoms with Crippen LogP contribution in [0.3, 0.4) is 0 Å². The molecule has 0 saturated heterocycles.